The van der Waals surface area contributed by atoms with Crippen molar-refractivity contribution in [3.05, 3.63) is 18.6 Å². The van der Waals surface area contributed by atoms with Gasteiger partial charge in [-0.2, -0.15) is 0 Å². The Bertz CT molecular complexity index is 727. The first-order chi connectivity index (χ1) is 11.2. The quantitative estimate of drug-likeness (QED) is 0.923. The van der Waals surface area contributed by atoms with Gasteiger partial charge in [0.15, 0.2) is 0 Å². The van der Waals surface area contributed by atoms with Crippen molar-refractivity contribution in [3.63, 3.8) is 0 Å². The van der Waals surface area contributed by atoms with Crippen molar-refractivity contribution in [2.75, 3.05) is 31.1 Å². The summed E-state index contributed by atoms with van der Waals surface area (Å²) in [5.74, 6) is 1.33. The highest BCUT2D eigenvalue weighted by atomic mass is 16.2. The summed E-state index contributed by atoms with van der Waals surface area (Å²) in [6.07, 6.45) is 7.60. The van der Waals surface area contributed by atoms with E-state index in [-0.39, 0.29) is 5.41 Å². The number of carbonyl (C=O) groups is 1. The summed E-state index contributed by atoms with van der Waals surface area (Å²) in [4.78, 5) is 28.5. The van der Waals surface area contributed by atoms with Crippen LogP contribution in [0.25, 0.3) is 11.0 Å². The number of carbonyl (C=O) groups excluding carboxylic acids is 1. The van der Waals surface area contributed by atoms with Crippen LogP contribution in [-0.2, 0) is 4.79 Å². The van der Waals surface area contributed by atoms with Gasteiger partial charge < -0.3 is 14.8 Å². The maximum absolute atomic E-state index is 12.0. The van der Waals surface area contributed by atoms with E-state index in [0.29, 0.717) is 12.3 Å². The van der Waals surface area contributed by atoms with Crippen LogP contribution >= 0.6 is 0 Å². The fourth-order valence-corrected chi connectivity index (χ4v) is 4.22. The Morgan fingerprint density at radius 2 is 2.22 bits per heavy atom. The molecule has 4 rings (SSSR count). The van der Waals surface area contributed by atoms with Gasteiger partial charge in [0.05, 0.1) is 5.39 Å². The van der Waals surface area contributed by atoms with Gasteiger partial charge in [0.1, 0.15) is 17.8 Å². The number of hydrogen-bond acceptors (Lipinski definition) is 4. The first kappa shape index (κ1) is 14.5. The van der Waals surface area contributed by atoms with Crippen molar-refractivity contribution in [3.8, 4) is 0 Å². The van der Waals surface area contributed by atoms with Crippen molar-refractivity contribution in [1.82, 2.24) is 19.9 Å². The molecule has 1 atom stereocenters. The maximum atomic E-state index is 12.0. The van der Waals surface area contributed by atoms with Crippen molar-refractivity contribution in [2.45, 2.75) is 32.6 Å². The Hall–Kier alpha value is -2.11. The molecular formula is C17H23N5O. The number of likely N-dealkylation sites (tertiary alicyclic amines) is 1. The lowest BCUT2D eigenvalue weighted by Crippen LogP contribution is -2.54. The summed E-state index contributed by atoms with van der Waals surface area (Å²) < 4.78 is 0. The number of rotatable bonds is 2. The zero-order chi connectivity index (χ0) is 15.9. The zero-order valence-electron chi connectivity index (χ0n) is 13.6. The van der Waals surface area contributed by atoms with Gasteiger partial charge in [0.25, 0.3) is 0 Å². The summed E-state index contributed by atoms with van der Waals surface area (Å²) in [5, 5.41) is 1.09. The number of piperidine rings is 2. The smallest absolute Gasteiger partial charge is 0.222 e. The predicted molar refractivity (Wildman–Crippen MR) is 89.3 cm³/mol. The predicted octanol–water partition coefficient (Wildman–Crippen LogP) is 2.19. The van der Waals surface area contributed by atoms with Crippen molar-refractivity contribution < 1.29 is 4.79 Å². The molecule has 2 aliphatic heterocycles. The molecule has 2 fully saturated rings. The van der Waals surface area contributed by atoms with Gasteiger partial charge in [-0.1, -0.05) is 0 Å². The molecule has 2 aromatic rings. The van der Waals surface area contributed by atoms with Crippen LogP contribution in [0.3, 0.4) is 0 Å². The second kappa shape index (κ2) is 5.51. The SMILES string of the molecule is CCN1C[C@@]2(CCCN(c3ncnc4[nH]ccc34)C2)CCC1=O. The molecule has 0 aliphatic carbocycles. The van der Waals surface area contributed by atoms with Gasteiger partial charge in [0.2, 0.25) is 5.91 Å². The van der Waals surface area contributed by atoms with Gasteiger partial charge in [-0.05, 0) is 32.3 Å². The summed E-state index contributed by atoms with van der Waals surface area (Å²) >= 11 is 0. The van der Waals surface area contributed by atoms with E-state index in [1.807, 2.05) is 11.1 Å². The zero-order valence-corrected chi connectivity index (χ0v) is 13.6. The molecule has 2 aliphatic rings. The third-order valence-corrected chi connectivity index (χ3v) is 5.42. The third-order valence-electron chi connectivity index (χ3n) is 5.42. The number of hydrogen-bond donors (Lipinski definition) is 1. The standard InChI is InChI=1S/C17H23N5O/c1-2-21-10-17(7-4-14(21)23)6-3-9-22(11-17)16-13-5-8-18-15(13)19-12-20-16/h5,8,12H,2-4,6-7,9-11H2,1H3,(H,18,19,20)/t17-/m1/s1. The first-order valence-electron chi connectivity index (χ1n) is 8.52. The number of aromatic amines is 1. The minimum absolute atomic E-state index is 0.218. The fourth-order valence-electron chi connectivity index (χ4n) is 4.22. The van der Waals surface area contributed by atoms with Crippen LogP contribution in [0.4, 0.5) is 5.82 Å². The summed E-state index contributed by atoms with van der Waals surface area (Å²) in [6, 6.07) is 2.05. The highest BCUT2D eigenvalue weighted by Crippen LogP contribution is 2.40. The lowest BCUT2D eigenvalue weighted by Gasteiger charge is -2.48. The minimum atomic E-state index is 0.218. The molecule has 6 nitrogen and oxygen atoms in total. The number of amides is 1. The van der Waals surface area contributed by atoms with E-state index in [4.69, 9.17) is 0 Å². The molecule has 1 spiro atoms. The molecule has 0 bridgehead atoms. The Kier molecular flexibility index (Phi) is 3.47. The second-order valence-electron chi connectivity index (χ2n) is 6.87. The van der Waals surface area contributed by atoms with Crippen LogP contribution in [0, 0.1) is 5.41 Å². The van der Waals surface area contributed by atoms with Gasteiger partial charge in [0, 0.05) is 44.2 Å². The molecule has 1 amide bonds. The molecule has 1 N–H and O–H groups in total. The average molecular weight is 313 g/mol. The van der Waals surface area contributed by atoms with E-state index >= 15 is 0 Å². The Balaban J connectivity index is 1.62. The summed E-state index contributed by atoms with van der Waals surface area (Å²) in [7, 11) is 0. The molecule has 0 aromatic carbocycles. The normalized spacial score (nSPS) is 25.5. The molecule has 2 saturated heterocycles. The Morgan fingerprint density at radius 3 is 3.09 bits per heavy atom. The molecule has 0 unspecified atom stereocenters. The number of nitrogens with zero attached hydrogens (tertiary/aromatic N) is 4. The monoisotopic (exact) mass is 313 g/mol. The van der Waals surface area contributed by atoms with E-state index < -0.39 is 0 Å². The average Bonchev–Trinajstić information content (AvgIpc) is 3.06. The van der Waals surface area contributed by atoms with Crippen molar-refractivity contribution in [1.29, 1.82) is 0 Å². The molecule has 0 radical (unpaired) electrons. The summed E-state index contributed by atoms with van der Waals surface area (Å²) in [5.41, 5.74) is 1.11. The van der Waals surface area contributed by atoms with Crippen molar-refractivity contribution in [2.24, 2.45) is 5.41 Å². The van der Waals surface area contributed by atoms with Crippen LogP contribution in [0.1, 0.15) is 32.6 Å². The number of nitrogens with one attached hydrogen (secondary N) is 1. The van der Waals surface area contributed by atoms with Crippen LogP contribution in [0.2, 0.25) is 0 Å². The van der Waals surface area contributed by atoms with Gasteiger partial charge >= 0.3 is 0 Å². The Morgan fingerprint density at radius 1 is 1.30 bits per heavy atom. The lowest BCUT2D eigenvalue weighted by atomic mass is 9.73. The topological polar surface area (TPSA) is 65.1 Å². The van der Waals surface area contributed by atoms with E-state index in [2.05, 4.69) is 32.8 Å². The molecule has 2 aromatic heterocycles. The van der Waals surface area contributed by atoms with Crippen LogP contribution in [0.5, 0.6) is 0 Å². The van der Waals surface area contributed by atoms with Crippen molar-refractivity contribution >= 4 is 22.8 Å². The maximum Gasteiger partial charge on any atom is 0.222 e. The third kappa shape index (κ3) is 2.46. The van der Waals surface area contributed by atoms with Crippen LogP contribution in [0.15, 0.2) is 18.6 Å². The van der Waals surface area contributed by atoms with E-state index in [9.17, 15) is 4.79 Å². The number of fused-ring (bicyclic) bond motifs is 1. The minimum Gasteiger partial charge on any atom is -0.355 e. The Labute approximate surface area is 135 Å². The highest BCUT2D eigenvalue weighted by Gasteiger charge is 2.41. The summed E-state index contributed by atoms with van der Waals surface area (Å²) in [6.45, 7) is 5.79. The molecule has 4 heterocycles. The molecule has 6 heteroatoms. The first-order valence-corrected chi connectivity index (χ1v) is 8.52. The van der Waals surface area contributed by atoms with Crippen LogP contribution < -0.4 is 4.90 Å². The van der Waals surface area contributed by atoms with Gasteiger partial charge in [-0.3, -0.25) is 4.79 Å². The van der Waals surface area contributed by atoms with E-state index in [0.717, 1.165) is 55.9 Å². The van der Waals surface area contributed by atoms with E-state index in [1.54, 1.807) is 6.33 Å². The molecule has 122 valence electrons. The molecule has 0 saturated carbocycles. The largest absolute Gasteiger partial charge is 0.355 e. The van der Waals surface area contributed by atoms with Crippen LogP contribution in [-0.4, -0.2) is 51.9 Å². The lowest BCUT2D eigenvalue weighted by molar-refractivity contribution is -0.137. The number of aromatic nitrogens is 3. The van der Waals surface area contributed by atoms with E-state index in [1.165, 1.54) is 6.42 Å². The van der Waals surface area contributed by atoms with Gasteiger partial charge in [-0.15, -0.1) is 0 Å². The number of anilines is 1. The second-order valence-corrected chi connectivity index (χ2v) is 6.87. The fraction of sp³-hybridized carbons (Fsp3) is 0.588. The number of H-pyrrole nitrogens is 1. The molecule has 23 heavy (non-hydrogen) atoms. The molecular weight excluding hydrogens is 290 g/mol. The highest BCUT2D eigenvalue weighted by molar-refractivity contribution is 5.87. The van der Waals surface area contributed by atoms with Gasteiger partial charge in [-0.25, -0.2) is 9.97 Å².